The molecule has 0 atom stereocenters. The predicted octanol–water partition coefficient (Wildman–Crippen LogP) is 3.81. The van der Waals surface area contributed by atoms with Crippen LogP contribution < -0.4 is 4.80 Å². The number of ether oxygens (including phenoxy) is 2. The molecule has 0 bridgehead atoms. The Hall–Kier alpha value is -3.47. The number of fused-ring (bicyclic) bond motifs is 1. The summed E-state index contributed by atoms with van der Waals surface area (Å²) in [6, 6.07) is 8.30. The maximum atomic E-state index is 12.7. The number of carbonyl (C=O) groups excluding carboxylic acids is 3. The number of esters is 2. The number of benzene rings is 2. The first-order valence-electron chi connectivity index (χ1n) is 9.27. The monoisotopic (exact) mass is 466 g/mol. The molecule has 0 aliphatic heterocycles. The Morgan fingerprint density at radius 1 is 1.06 bits per heavy atom. The van der Waals surface area contributed by atoms with Crippen molar-refractivity contribution in [1.82, 2.24) is 4.57 Å². The average Bonchev–Trinajstić information content (AvgIpc) is 3.09. The number of alkyl halides is 3. The molecule has 1 amide bonds. The lowest BCUT2D eigenvalue weighted by Gasteiger charge is -2.06. The van der Waals surface area contributed by atoms with E-state index in [9.17, 15) is 27.6 Å². The van der Waals surface area contributed by atoms with E-state index in [1.54, 1.807) is 19.1 Å². The highest BCUT2D eigenvalue weighted by molar-refractivity contribution is 7.16. The van der Waals surface area contributed by atoms with Crippen LogP contribution in [0.3, 0.4) is 0 Å². The zero-order valence-corrected chi connectivity index (χ0v) is 17.7. The Balaban J connectivity index is 2.07. The van der Waals surface area contributed by atoms with Gasteiger partial charge in [-0.2, -0.15) is 18.2 Å². The van der Waals surface area contributed by atoms with Crippen LogP contribution in [0.25, 0.3) is 10.2 Å². The summed E-state index contributed by atoms with van der Waals surface area (Å²) in [5.41, 5.74) is -0.130. The van der Waals surface area contributed by atoms with Gasteiger partial charge in [0, 0.05) is 5.56 Å². The minimum absolute atomic E-state index is 0.0488. The smallest absolute Gasteiger partial charge is 0.416 e. The summed E-state index contributed by atoms with van der Waals surface area (Å²) in [4.78, 5) is 40.6. The van der Waals surface area contributed by atoms with Gasteiger partial charge in [0.15, 0.2) is 4.80 Å². The van der Waals surface area contributed by atoms with Crippen LogP contribution in [0.2, 0.25) is 0 Å². The van der Waals surface area contributed by atoms with Gasteiger partial charge in [-0.15, -0.1) is 0 Å². The van der Waals surface area contributed by atoms with Gasteiger partial charge >= 0.3 is 18.1 Å². The zero-order valence-electron chi connectivity index (χ0n) is 16.9. The Bertz CT molecular complexity index is 1240. The molecule has 1 heterocycles. The largest absolute Gasteiger partial charge is 0.468 e. The van der Waals surface area contributed by atoms with Crippen molar-refractivity contribution in [3.8, 4) is 0 Å². The summed E-state index contributed by atoms with van der Waals surface area (Å²) in [6.45, 7) is 1.62. The normalized spacial score (nSPS) is 12.1. The molecule has 3 aromatic rings. The molecule has 0 aliphatic rings. The standard InChI is InChI=1S/C21H17F3N2O5S/c1-3-31-19(29)13-6-9-15-16(10-13)32-20(26(15)11-17(27)30-2)25-18(28)12-4-7-14(8-5-12)21(22,23)24/h4-10H,3,11H2,1-2H3. The molecule has 168 valence electrons. The third-order valence-electron chi connectivity index (χ3n) is 4.37. The molecule has 7 nitrogen and oxygen atoms in total. The summed E-state index contributed by atoms with van der Waals surface area (Å²) in [6.07, 6.45) is -4.52. The fraction of sp³-hybridized carbons (Fsp3) is 0.238. The highest BCUT2D eigenvalue weighted by Crippen LogP contribution is 2.29. The van der Waals surface area contributed by atoms with Crippen LogP contribution in [0.1, 0.15) is 33.2 Å². The van der Waals surface area contributed by atoms with Crippen LogP contribution in [0, 0.1) is 0 Å². The lowest BCUT2D eigenvalue weighted by molar-refractivity contribution is -0.141. The second-order valence-electron chi connectivity index (χ2n) is 6.44. The Morgan fingerprint density at radius 3 is 2.31 bits per heavy atom. The minimum atomic E-state index is -4.52. The van der Waals surface area contributed by atoms with Crippen molar-refractivity contribution in [3.05, 3.63) is 64.0 Å². The van der Waals surface area contributed by atoms with E-state index in [4.69, 9.17) is 9.47 Å². The van der Waals surface area contributed by atoms with Gasteiger partial charge < -0.3 is 14.0 Å². The first kappa shape index (κ1) is 23.2. The van der Waals surface area contributed by atoms with Gasteiger partial charge in [-0.3, -0.25) is 9.59 Å². The number of hydrogen-bond donors (Lipinski definition) is 0. The molecule has 0 unspecified atom stereocenters. The highest BCUT2D eigenvalue weighted by Gasteiger charge is 2.30. The van der Waals surface area contributed by atoms with E-state index in [1.165, 1.54) is 17.7 Å². The second-order valence-corrected chi connectivity index (χ2v) is 7.45. The van der Waals surface area contributed by atoms with Crippen LogP contribution in [-0.4, -0.2) is 36.1 Å². The van der Waals surface area contributed by atoms with E-state index in [1.807, 2.05) is 0 Å². The number of halogens is 3. The van der Waals surface area contributed by atoms with Gasteiger partial charge in [0.1, 0.15) is 6.54 Å². The Morgan fingerprint density at radius 2 is 1.72 bits per heavy atom. The molecule has 0 radical (unpaired) electrons. The first-order valence-corrected chi connectivity index (χ1v) is 10.1. The van der Waals surface area contributed by atoms with E-state index >= 15 is 0 Å². The number of thiazole rings is 1. The lowest BCUT2D eigenvalue weighted by atomic mass is 10.1. The van der Waals surface area contributed by atoms with Crippen LogP contribution in [0.5, 0.6) is 0 Å². The number of hydrogen-bond acceptors (Lipinski definition) is 6. The third-order valence-corrected chi connectivity index (χ3v) is 5.41. The molecule has 2 aromatic carbocycles. The molecular formula is C21H17F3N2O5S. The van der Waals surface area contributed by atoms with E-state index in [0.717, 1.165) is 35.6 Å². The summed E-state index contributed by atoms with van der Waals surface area (Å²) < 4.78 is 49.9. The van der Waals surface area contributed by atoms with Crippen LogP contribution in [-0.2, 0) is 27.0 Å². The van der Waals surface area contributed by atoms with E-state index in [2.05, 4.69) is 4.99 Å². The lowest BCUT2D eigenvalue weighted by Crippen LogP contribution is -2.22. The van der Waals surface area contributed by atoms with Gasteiger partial charge in [0.25, 0.3) is 5.91 Å². The molecule has 32 heavy (non-hydrogen) atoms. The fourth-order valence-electron chi connectivity index (χ4n) is 2.80. The first-order chi connectivity index (χ1) is 15.1. The van der Waals surface area contributed by atoms with Crippen molar-refractivity contribution in [2.75, 3.05) is 13.7 Å². The molecule has 11 heteroatoms. The second kappa shape index (κ2) is 9.35. The SMILES string of the molecule is CCOC(=O)c1ccc2c(c1)sc(=NC(=O)c1ccc(C(F)(F)F)cc1)n2CC(=O)OC. The average molecular weight is 466 g/mol. The highest BCUT2D eigenvalue weighted by atomic mass is 32.1. The summed E-state index contributed by atoms with van der Waals surface area (Å²) in [7, 11) is 1.21. The minimum Gasteiger partial charge on any atom is -0.468 e. The van der Waals surface area contributed by atoms with E-state index in [0.29, 0.717) is 10.2 Å². The third kappa shape index (κ3) is 5.05. The maximum absolute atomic E-state index is 12.7. The molecule has 0 fully saturated rings. The summed E-state index contributed by atoms with van der Waals surface area (Å²) in [5.74, 6) is -1.90. The predicted molar refractivity (Wildman–Crippen MR) is 109 cm³/mol. The topological polar surface area (TPSA) is 87.0 Å². The fourth-order valence-corrected chi connectivity index (χ4v) is 3.87. The molecule has 0 aliphatic carbocycles. The van der Waals surface area contributed by atoms with Crippen molar-refractivity contribution in [3.63, 3.8) is 0 Å². The number of carbonyl (C=O) groups is 3. The number of nitrogens with zero attached hydrogens (tertiary/aromatic N) is 2. The number of methoxy groups -OCH3 is 1. The van der Waals surface area contributed by atoms with Crippen LogP contribution >= 0.6 is 11.3 Å². The van der Waals surface area contributed by atoms with Crippen molar-refractivity contribution in [1.29, 1.82) is 0 Å². The van der Waals surface area contributed by atoms with Gasteiger partial charge in [0.2, 0.25) is 0 Å². The molecule has 0 saturated heterocycles. The van der Waals surface area contributed by atoms with Crippen LogP contribution in [0.15, 0.2) is 47.5 Å². The Kier molecular flexibility index (Phi) is 6.78. The summed E-state index contributed by atoms with van der Waals surface area (Å²) in [5, 5.41) is 0. The zero-order chi connectivity index (χ0) is 23.5. The van der Waals surface area contributed by atoms with Gasteiger partial charge in [-0.05, 0) is 49.4 Å². The van der Waals surface area contributed by atoms with Gasteiger partial charge in [-0.1, -0.05) is 11.3 Å². The number of amides is 1. The van der Waals surface area contributed by atoms with Crippen molar-refractivity contribution in [2.24, 2.45) is 4.99 Å². The number of aromatic nitrogens is 1. The van der Waals surface area contributed by atoms with E-state index in [-0.39, 0.29) is 29.1 Å². The number of rotatable bonds is 5. The van der Waals surface area contributed by atoms with E-state index < -0.39 is 29.6 Å². The van der Waals surface area contributed by atoms with Gasteiger partial charge in [0.05, 0.1) is 35.1 Å². The van der Waals surface area contributed by atoms with Crippen LogP contribution in [0.4, 0.5) is 13.2 Å². The molecule has 0 spiro atoms. The molecule has 0 saturated carbocycles. The molecule has 1 aromatic heterocycles. The van der Waals surface area contributed by atoms with Crippen molar-refractivity contribution < 1.29 is 37.0 Å². The van der Waals surface area contributed by atoms with Gasteiger partial charge in [-0.25, -0.2) is 4.79 Å². The summed E-state index contributed by atoms with van der Waals surface area (Å²) >= 11 is 1.04. The van der Waals surface area contributed by atoms with Crippen molar-refractivity contribution >= 4 is 39.4 Å². The molecule has 3 rings (SSSR count). The Labute approximate surface area is 183 Å². The molecule has 0 N–H and O–H groups in total. The quantitative estimate of drug-likeness (QED) is 0.534. The van der Waals surface area contributed by atoms with Crippen molar-refractivity contribution in [2.45, 2.75) is 19.6 Å². The molecular weight excluding hydrogens is 449 g/mol. The maximum Gasteiger partial charge on any atom is 0.416 e.